The Morgan fingerprint density at radius 1 is 1.46 bits per heavy atom. The third-order valence-electron chi connectivity index (χ3n) is 2.17. The minimum Gasteiger partial charge on any atom is -0.397 e. The van der Waals surface area contributed by atoms with Crippen LogP contribution in [0.1, 0.15) is 12.5 Å². The Bertz CT molecular complexity index is 447. The van der Waals surface area contributed by atoms with Crippen molar-refractivity contribution < 1.29 is 0 Å². The number of hydrogen-bond acceptors (Lipinski definition) is 2. The van der Waals surface area contributed by atoms with Gasteiger partial charge in [0.1, 0.15) is 0 Å². The zero-order valence-corrected chi connectivity index (χ0v) is 9.71. The Morgan fingerprint density at radius 3 is 2.92 bits per heavy atom. The molecule has 0 amide bonds. The quantitative estimate of drug-likeness (QED) is 0.771. The molecule has 1 nitrogen and oxygen atoms in total. The van der Waals surface area contributed by atoms with E-state index in [1.54, 1.807) is 11.3 Å². The monoisotopic (exact) mass is 255 g/mol. The molecule has 0 radical (unpaired) electrons. The molecule has 0 fully saturated rings. The summed E-state index contributed by atoms with van der Waals surface area (Å²) in [5.41, 5.74) is 8.21. The minimum absolute atomic E-state index is 0.940. The summed E-state index contributed by atoms with van der Waals surface area (Å²) in [6.07, 6.45) is 0.997. The van der Waals surface area contributed by atoms with Crippen LogP contribution in [0.4, 0.5) is 5.69 Å². The van der Waals surface area contributed by atoms with E-state index in [2.05, 4.69) is 41.1 Å². The van der Waals surface area contributed by atoms with Crippen LogP contribution in [0.5, 0.6) is 0 Å². The summed E-state index contributed by atoms with van der Waals surface area (Å²) < 4.78 is 2.34. The van der Waals surface area contributed by atoms with E-state index in [-0.39, 0.29) is 0 Å². The average molecular weight is 256 g/mol. The normalized spacial score (nSPS) is 10.9. The highest BCUT2D eigenvalue weighted by Gasteiger charge is 2.05. The average Bonchev–Trinajstić information content (AvgIpc) is 2.47. The second kappa shape index (κ2) is 3.31. The third kappa shape index (κ3) is 1.46. The summed E-state index contributed by atoms with van der Waals surface area (Å²) in [4.78, 5) is 0. The van der Waals surface area contributed by atoms with Gasteiger partial charge in [-0.25, -0.2) is 0 Å². The number of thiophene rings is 1. The van der Waals surface area contributed by atoms with Crippen LogP contribution >= 0.6 is 27.3 Å². The molecule has 0 saturated heterocycles. The van der Waals surface area contributed by atoms with Crippen LogP contribution in [0.15, 0.2) is 22.0 Å². The first kappa shape index (κ1) is 9.03. The maximum absolute atomic E-state index is 6.03. The zero-order valence-electron chi connectivity index (χ0n) is 7.30. The fraction of sp³-hybridized carbons (Fsp3) is 0.200. The number of nitrogen functional groups attached to an aromatic ring is 1. The van der Waals surface area contributed by atoms with E-state index in [4.69, 9.17) is 5.73 Å². The van der Waals surface area contributed by atoms with Gasteiger partial charge in [0.05, 0.1) is 14.2 Å². The molecule has 0 saturated carbocycles. The Kier molecular flexibility index (Phi) is 2.30. The molecular weight excluding hydrogens is 246 g/mol. The fourth-order valence-corrected chi connectivity index (χ4v) is 3.04. The van der Waals surface area contributed by atoms with E-state index >= 15 is 0 Å². The molecule has 1 aromatic carbocycles. The Hall–Kier alpha value is -0.540. The molecule has 0 spiro atoms. The van der Waals surface area contributed by atoms with Gasteiger partial charge in [0.2, 0.25) is 0 Å². The van der Waals surface area contributed by atoms with Crippen LogP contribution in [0, 0.1) is 0 Å². The van der Waals surface area contributed by atoms with E-state index in [1.807, 2.05) is 0 Å². The van der Waals surface area contributed by atoms with Crippen molar-refractivity contribution in [2.24, 2.45) is 0 Å². The molecule has 2 aromatic rings. The van der Waals surface area contributed by atoms with Crippen molar-refractivity contribution in [3.63, 3.8) is 0 Å². The minimum atomic E-state index is 0.940. The van der Waals surface area contributed by atoms with Gasteiger partial charge in [-0.3, -0.25) is 0 Å². The summed E-state index contributed by atoms with van der Waals surface area (Å²) in [6, 6.07) is 6.35. The zero-order chi connectivity index (χ0) is 9.42. The molecule has 0 aliphatic carbocycles. The van der Waals surface area contributed by atoms with Gasteiger partial charge in [-0.15, -0.1) is 11.3 Å². The van der Waals surface area contributed by atoms with Crippen LogP contribution < -0.4 is 5.73 Å². The van der Waals surface area contributed by atoms with Crippen LogP contribution in [0.2, 0.25) is 0 Å². The van der Waals surface area contributed by atoms with Crippen molar-refractivity contribution in [1.29, 1.82) is 0 Å². The summed E-state index contributed by atoms with van der Waals surface area (Å²) in [5, 5.41) is 1.23. The van der Waals surface area contributed by atoms with Gasteiger partial charge >= 0.3 is 0 Å². The Morgan fingerprint density at radius 2 is 2.23 bits per heavy atom. The lowest BCUT2D eigenvalue weighted by Crippen LogP contribution is -1.91. The third-order valence-corrected chi connectivity index (χ3v) is 3.85. The topological polar surface area (TPSA) is 26.0 Å². The summed E-state index contributed by atoms with van der Waals surface area (Å²) in [5.74, 6) is 0. The predicted octanol–water partition coefficient (Wildman–Crippen LogP) is 3.81. The van der Waals surface area contributed by atoms with Gasteiger partial charge in [0, 0.05) is 0 Å². The first-order valence-electron chi connectivity index (χ1n) is 4.18. The maximum Gasteiger partial charge on any atom is 0.0711 e. The molecule has 0 aliphatic heterocycles. The highest BCUT2D eigenvalue weighted by atomic mass is 79.9. The van der Waals surface area contributed by atoms with E-state index in [0.29, 0.717) is 0 Å². The van der Waals surface area contributed by atoms with Crippen molar-refractivity contribution in [3.05, 3.63) is 27.5 Å². The number of anilines is 1. The highest BCUT2D eigenvalue weighted by molar-refractivity contribution is 9.11. The van der Waals surface area contributed by atoms with E-state index in [9.17, 15) is 0 Å². The molecule has 68 valence electrons. The fourth-order valence-electron chi connectivity index (χ4n) is 1.44. The number of aryl methyl sites for hydroxylation is 1. The smallest absolute Gasteiger partial charge is 0.0711 e. The lowest BCUT2D eigenvalue weighted by molar-refractivity contribution is 1.15. The second-order valence-electron chi connectivity index (χ2n) is 2.96. The van der Waals surface area contributed by atoms with Crippen LogP contribution in [-0.2, 0) is 6.42 Å². The van der Waals surface area contributed by atoms with Crippen molar-refractivity contribution in [2.45, 2.75) is 13.3 Å². The molecule has 2 rings (SSSR count). The molecule has 13 heavy (non-hydrogen) atoms. The van der Waals surface area contributed by atoms with E-state index < -0.39 is 0 Å². The molecule has 2 N–H and O–H groups in total. The predicted molar refractivity (Wildman–Crippen MR) is 63.3 cm³/mol. The van der Waals surface area contributed by atoms with Crippen LogP contribution in [0.3, 0.4) is 0 Å². The molecule has 1 heterocycles. The number of benzene rings is 1. The van der Waals surface area contributed by atoms with Crippen LogP contribution in [-0.4, -0.2) is 0 Å². The first-order chi connectivity index (χ1) is 6.22. The van der Waals surface area contributed by atoms with Gasteiger partial charge in [-0.2, -0.15) is 0 Å². The Balaban J connectivity index is 2.78. The first-order valence-corrected chi connectivity index (χ1v) is 5.79. The Labute approximate surface area is 89.7 Å². The molecule has 0 bridgehead atoms. The number of rotatable bonds is 1. The molecule has 0 unspecified atom stereocenters. The number of halogens is 1. The SMILES string of the molecule is CCc1ccc2cc(Br)sc2c1N. The molecule has 0 aliphatic rings. The summed E-state index contributed by atoms with van der Waals surface area (Å²) in [7, 11) is 0. The molecule has 3 heteroatoms. The maximum atomic E-state index is 6.03. The molecule has 1 aromatic heterocycles. The summed E-state index contributed by atoms with van der Waals surface area (Å²) >= 11 is 5.17. The van der Waals surface area contributed by atoms with E-state index in [1.165, 1.54) is 15.6 Å². The van der Waals surface area contributed by atoms with Gasteiger partial charge in [-0.1, -0.05) is 19.1 Å². The number of nitrogens with two attached hydrogens (primary N) is 1. The van der Waals surface area contributed by atoms with Gasteiger partial charge in [-0.05, 0) is 39.4 Å². The van der Waals surface area contributed by atoms with Crippen molar-refractivity contribution >= 4 is 43.0 Å². The largest absolute Gasteiger partial charge is 0.397 e. The van der Waals surface area contributed by atoms with E-state index in [0.717, 1.165) is 15.9 Å². The van der Waals surface area contributed by atoms with Crippen LogP contribution in [0.25, 0.3) is 10.1 Å². The van der Waals surface area contributed by atoms with Crippen molar-refractivity contribution in [1.82, 2.24) is 0 Å². The molecular formula is C10H10BrNS. The number of fused-ring (bicyclic) bond motifs is 1. The summed E-state index contributed by atoms with van der Waals surface area (Å²) in [6.45, 7) is 2.13. The number of hydrogen-bond donors (Lipinski definition) is 1. The van der Waals surface area contributed by atoms with Gasteiger partial charge in [0.25, 0.3) is 0 Å². The highest BCUT2D eigenvalue weighted by Crippen LogP contribution is 2.35. The van der Waals surface area contributed by atoms with Gasteiger partial charge in [0.15, 0.2) is 0 Å². The standard InChI is InChI=1S/C10H10BrNS/c1-2-6-3-4-7-5-8(11)13-10(7)9(6)12/h3-5H,2,12H2,1H3. The lowest BCUT2D eigenvalue weighted by atomic mass is 10.1. The molecule has 0 atom stereocenters. The van der Waals surface area contributed by atoms with Crippen molar-refractivity contribution in [3.8, 4) is 0 Å². The second-order valence-corrected chi connectivity index (χ2v) is 5.39. The van der Waals surface area contributed by atoms with Gasteiger partial charge < -0.3 is 5.73 Å². The van der Waals surface area contributed by atoms with Crippen molar-refractivity contribution in [2.75, 3.05) is 5.73 Å². The lowest BCUT2D eigenvalue weighted by Gasteiger charge is -2.02.